The average Bonchev–Trinajstić information content (AvgIpc) is 2.83. The summed E-state index contributed by atoms with van der Waals surface area (Å²) >= 11 is 0. The van der Waals surface area contributed by atoms with Crippen LogP contribution < -0.4 is 5.32 Å². The molecule has 4 nitrogen and oxygen atoms in total. The van der Waals surface area contributed by atoms with Crippen molar-refractivity contribution in [1.82, 2.24) is 10.2 Å². The summed E-state index contributed by atoms with van der Waals surface area (Å²) in [4.78, 5) is 13.5. The van der Waals surface area contributed by atoms with Crippen molar-refractivity contribution in [1.29, 1.82) is 0 Å². The molecule has 0 aromatic carbocycles. The first-order valence-electron chi connectivity index (χ1n) is 7.73. The van der Waals surface area contributed by atoms with Crippen LogP contribution in [-0.2, 0) is 11.3 Å². The Kier molecular flexibility index (Phi) is 3.83. The molecule has 1 aromatic heterocycles. The third kappa shape index (κ3) is 3.06. The van der Waals surface area contributed by atoms with Gasteiger partial charge in [0.15, 0.2) is 0 Å². The Morgan fingerprint density at radius 1 is 1.50 bits per heavy atom. The minimum atomic E-state index is 0.293. The second kappa shape index (κ2) is 5.60. The van der Waals surface area contributed by atoms with E-state index < -0.39 is 0 Å². The van der Waals surface area contributed by atoms with E-state index in [1.807, 2.05) is 4.90 Å². The number of carbonyl (C=O) groups excluding carboxylic acids is 1. The van der Waals surface area contributed by atoms with E-state index in [1.54, 1.807) is 0 Å². The lowest BCUT2D eigenvalue weighted by Gasteiger charge is -2.21. The van der Waals surface area contributed by atoms with Gasteiger partial charge < -0.3 is 14.6 Å². The van der Waals surface area contributed by atoms with Crippen LogP contribution in [0.3, 0.4) is 0 Å². The van der Waals surface area contributed by atoms with Crippen LogP contribution in [0.5, 0.6) is 0 Å². The van der Waals surface area contributed by atoms with Gasteiger partial charge in [0.05, 0.1) is 6.54 Å². The van der Waals surface area contributed by atoms with Gasteiger partial charge in [-0.25, -0.2) is 0 Å². The smallest absolute Gasteiger partial charge is 0.222 e. The van der Waals surface area contributed by atoms with Crippen LogP contribution in [0.2, 0.25) is 0 Å². The van der Waals surface area contributed by atoms with Gasteiger partial charge in [-0.3, -0.25) is 4.79 Å². The zero-order chi connectivity index (χ0) is 14.1. The summed E-state index contributed by atoms with van der Waals surface area (Å²) in [6.07, 6.45) is 2.98. The summed E-state index contributed by atoms with van der Waals surface area (Å²) in [7, 11) is 0. The largest absolute Gasteiger partial charge is 0.464 e. The predicted octanol–water partition coefficient (Wildman–Crippen LogP) is 2.50. The van der Waals surface area contributed by atoms with Gasteiger partial charge in [0.2, 0.25) is 5.91 Å². The fraction of sp³-hybridized carbons (Fsp3) is 0.688. The standard InChI is InChI=1S/C16H24N2O2/c1-11-8-14(11)15-6-5-13(20-15)9-17-12(2)10-18-7-3-4-16(18)19/h5-6,11-12,14,17H,3-4,7-10H2,1-2H3. The lowest BCUT2D eigenvalue weighted by molar-refractivity contribution is -0.127. The van der Waals surface area contributed by atoms with E-state index in [0.29, 0.717) is 24.3 Å². The Hall–Kier alpha value is -1.29. The maximum Gasteiger partial charge on any atom is 0.222 e. The van der Waals surface area contributed by atoms with E-state index >= 15 is 0 Å². The number of hydrogen-bond donors (Lipinski definition) is 1. The predicted molar refractivity (Wildman–Crippen MR) is 77.3 cm³/mol. The lowest BCUT2D eigenvalue weighted by atomic mass is 10.3. The summed E-state index contributed by atoms with van der Waals surface area (Å²) in [5.74, 6) is 3.85. The van der Waals surface area contributed by atoms with Gasteiger partial charge >= 0.3 is 0 Å². The second-order valence-electron chi connectivity index (χ2n) is 6.35. The Labute approximate surface area is 120 Å². The van der Waals surface area contributed by atoms with E-state index in [1.165, 1.54) is 6.42 Å². The molecular formula is C16H24N2O2. The molecule has 3 atom stereocenters. The molecule has 4 heteroatoms. The van der Waals surface area contributed by atoms with E-state index in [0.717, 1.165) is 43.5 Å². The maximum absolute atomic E-state index is 11.6. The molecule has 0 spiro atoms. The lowest BCUT2D eigenvalue weighted by Crippen LogP contribution is -2.39. The number of carbonyl (C=O) groups is 1. The molecule has 1 aliphatic carbocycles. The quantitative estimate of drug-likeness (QED) is 0.868. The minimum absolute atomic E-state index is 0.293. The van der Waals surface area contributed by atoms with E-state index in [9.17, 15) is 4.79 Å². The van der Waals surface area contributed by atoms with Crippen LogP contribution in [-0.4, -0.2) is 29.9 Å². The number of amides is 1. The molecule has 0 radical (unpaired) electrons. The molecule has 2 aliphatic rings. The van der Waals surface area contributed by atoms with Crippen LogP contribution in [0.15, 0.2) is 16.5 Å². The molecule has 20 heavy (non-hydrogen) atoms. The molecule has 1 aliphatic heterocycles. The second-order valence-corrected chi connectivity index (χ2v) is 6.35. The summed E-state index contributed by atoms with van der Waals surface area (Å²) < 4.78 is 5.88. The molecule has 1 aromatic rings. The number of nitrogens with zero attached hydrogens (tertiary/aromatic N) is 1. The summed E-state index contributed by atoms with van der Waals surface area (Å²) in [6.45, 7) is 6.84. The first-order valence-corrected chi connectivity index (χ1v) is 7.73. The van der Waals surface area contributed by atoms with Gasteiger partial charge in [-0.2, -0.15) is 0 Å². The van der Waals surface area contributed by atoms with Gasteiger partial charge in [-0.15, -0.1) is 0 Å². The third-order valence-corrected chi connectivity index (χ3v) is 4.45. The van der Waals surface area contributed by atoms with Crippen molar-refractivity contribution >= 4 is 5.91 Å². The maximum atomic E-state index is 11.6. The van der Waals surface area contributed by atoms with Gasteiger partial charge in [0, 0.05) is 31.5 Å². The molecule has 1 amide bonds. The third-order valence-electron chi connectivity index (χ3n) is 4.45. The fourth-order valence-electron chi connectivity index (χ4n) is 2.97. The first-order chi connectivity index (χ1) is 9.63. The summed E-state index contributed by atoms with van der Waals surface area (Å²) in [5, 5.41) is 3.44. The van der Waals surface area contributed by atoms with Crippen molar-refractivity contribution < 1.29 is 9.21 Å². The zero-order valence-corrected chi connectivity index (χ0v) is 12.4. The normalized spacial score (nSPS) is 27.1. The van der Waals surface area contributed by atoms with Gasteiger partial charge in [0.25, 0.3) is 0 Å². The van der Waals surface area contributed by atoms with Crippen molar-refractivity contribution in [3.63, 3.8) is 0 Å². The van der Waals surface area contributed by atoms with Crippen molar-refractivity contribution in [3.8, 4) is 0 Å². The topological polar surface area (TPSA) is 45.5 Å². The summed E-state index contributed by atoms with van der Waals surface area (Å²) in [6, 6.07) is 4.48. The van der Waals surface area contributed by atoms with Gasteiger partial charge in [-0.05, 0) is 37.8 Å². The van der Waals surface area contributed by atoms with Gasteiger partial charge in [-0.1, -0.05) is 6.92 Å². The molecular weight excluding hydrogens is 252 g/mol. The number of hydrogen-bond acceptors (Lipinski definition) is 3. The van der Waals surface area contributed by atoms with Crippen molar-refractivity contribution in [2.75, 3.05) is 13.1 Å². The first kappa shape index (κ1) is 13.7. The Morgan fingerprint density at radius 2 is 2.30 bits per heavy atom. The molecule has 3 unspecified atom stereocenters. The van der Waals surface area contributed by atoms with Crippen LogP contribution in [0.4, 0.5) is 0 Å². The highest BCUT2D eigenvalue weighted by Crippen LogP contribution is 2.47. The van der Waals surface area contributed by atoms with Crippen LogP contribution in [0.1, 0.15) is 50.5 Å². The molecule has 1 saturated carbocycles. The summed E-state index contributed by atoms with van der Waals surface area (Å²) in [5.41, 5.74) is 0. The van der Waals surface area contributed by atoms with Crippen molar-refractivity contribution in [3.05, 3.63) is 23.7 Å². The molecule has 1 N–H and O–H groups in total. The fourth-order valence-corrected chi connectivity index (χ4v) is 2.97. The SMILES string of the molecule is CC(CN1CCCC1=O)NCc1ccc(C2CC2C)o1. The molecule has 110 valence electrons. The van der Waals surface area contributed by atoms with Crippen molar-refractivity contribution in [2.24, 2.45) is 5.92 Å². The molecule has 0 bridgehead atoms. The average molecular weight is 276 g/mol. The van der Waals surface area contributed by atoms with E-state index in [4.69, 9.17) is 4.42 Å². The Balaban J connectivity index is 1.44. The highest BCUT2D eigenvalue weighted by molar-refractivity contribution is 5.78. The number of likely N-dealkylation sites (tertiary alicyclic amines) is 1. The van der Waals surface area contributed by atoms with Gasteiger partial charge in [0.1, 0.15) is 11.5 Å². The Bertz CT molecular complexity index is 483. The molecule has 2 fully saturated rings. The molecule has 1 saturated heterocycles. The molecule has 2 heterocycles. The van der Waals surface area contributed by atoms with E-state index in [-0.39, 0.29) is 0 Å². The number of rotatable bonds is 6. The Morgan fingerprint density at radius 3 is 2.95 bits per heavy atom. The minimum Gasteiger partial charge on any atom is -0.464 e. The van der Waals surface area contributed by atoms with Crippen LogP contribution >= 0.6 is 0 Å². The van der Waals surface area contributed by atoms with Crippen LogP contribution in [0.25, 0.3) is 0 Å². The number of nitrogens with one attached hydrogen (secondary N) is 1. The monoisotopic (exact) mass is 276 g/mol. The zero-order valence-electron chi connectivity index (χ0n) is 12.4. The highest BCUT2D eigenvalue weighted by Gasteiger charge is 2.36. The highest BCUT2D eigenvalue weighted by atomic mass is 16.3. The van der Waals surface area contributed by atoms with E-state index in [2.05, 4.69) is 31.3 Å². The number of furan rings is 1. The van der Waals surface area contributed by atoms with Crippen molar-refractivity contribution in [2.45, 2.75) is 51.6 Å². The molecule has 3 rings (SSSR count). The van der Waals surface area contributed by atoms with Crippen LogP contribution in [0, 0.1) is 5.92 Å².